The van der Waals surface area contributed by atoms with Crippen molar-refractivity contribution in [2.75, 3.05) is 13.7 Å². The molecule has 1 amide bonds. The van der Waals surface area contributed by atoms with E-state index in [2.05, 4.69) is 29.6 Å². The predicted octanol–water partition coefficient (Wildman–Crippen LogP) is 4.75. The average Bonchev–Trinajstić information content (AvgIpc) is 2.79. The van der Waals surface area contributed by atoms with Crippen LogP contribution >= 0.6 is 0 Å². The third-order valence-corrected chi connectivity index (χ3v) is 4.49. The quantitative estimate of drug-likeness (QED) is 0.402. The smallest absolute Gasteiger partial charge is 0.271 e. The minimum Gasteiger partial charge on any atom is -0.493 e. The Balaban J connectivity index is 1.59. The first-order chi connectivity index (χ1) is 15.1. The van der Waals surface area contributed by atoms with Crippen LogP contribution in [0.4, 0.5) is 0 Å². The van der Waals surface area contributed by atoms with Gasteiger partial charge in [-0.2, -0.15) is 5.10 Å². The Kier molecular flexibility index (Phi) is 7.65. The van der Waals surface area contributed by atoms with Crippen molar-refractivity contribution in [2.24, 2.45) is 5.10 Å². The zero-order valence-corrected chi connectivity index (χ0v) is 17.9. The maximum atomic E-state index is 12.4. The second-order valence-corrected chi connectivity index (χ2v) is 6.84. The SMILES string of the molecule is CCOc1cc(C(=O)N/N=C/c2cccc(OCc3ccc(C)cc3)c2)ccc1OC. The zero-order valence-electron chi connectivity index (χ0n) is 17.9. The molecule has 0 aliphatic heterocycles. The molecule has 3 aromatic carbocycles. The lowest BCUT2D eigenvalue weighted by molar-refractivity contribution is 0.0954. The number of amides is 1. The Morgan fingerprint density at radius 1 is 1.00 bits per heavy atom. The summed E-state index contributed by atoms with van der Waals surface area (Å²) in [4.78, 5) is 12.4. The third kappa shape index (κ3) is 6.34. The number of methoxy groups -OCH3 is 1. The summed E-state index contributed by atoms with van der Waals surface area (Å²) in [5, 5.41) is 4.05. The lowest BCUT2D eigenvalue weighted by atomic mass is 10.2. The molecule has 31 heavy (non-hydrogen) atoms. The first-order valence-electron chi connectivity index (χ1n) is 10.0. The third-order valence-electron chi connectivity index (χ3n) is 4.49. The van der Waals surface area contributed by atoms with Crippen LogP contribution in [0.2, 0.25) is 0 Å². The summed E-state index contributed by atoms with van der Waals surface area (Å²) in [6.07, 6.45) is 1.57. The molecule has 0 unspecified atom stereocenters. The van der Waals surface area contributed by atoms with Gasteiger partial charge in [0.15, 0.2) is 11.5 Å². The summed E-state index contributed by atoms with van der Waals surface area (Å²) in [7, 11) is 1.56. The van der Waals surface area contributed by atoms with Gasteiger partial charge in [0.05, 0.1) is 19.9 Å². The van der Waals surface area contributed by atoms with Crippen molar-refractivity contribution in [3.63, 3.8) is 0 Å². The maximum absolute atomic E-state index is 12.4. The minimum absolute atomic E-state index is 0.341. The molecule has 0 aliphatic carbocycles. The van der Waals surface area contributed by atoms with Crippen LogP contribution < -0.4 is 19.6 Å². The normalized spacial score (nSPS) is 10.7. The van der Waals surface area contributed by atoms with E-state index in [1.165, 1.54) is 5.56 Å². The lowest BCUT2D eigenvalue weighted by Gasteiger charge is -2.10. The van der Waals surface area contributed by atoms with Gasteiger partial charge in [-0.15, -0.1) is 0 Å². The van der Waals surface area contributed by atoms with Gasteiger partial charge in [0, 0.05) is 5.56 Å². The number of hydrogen-bond donors (Lipinski definition) is 1. The van der Waals surface area contributed by atoms with E-state index in [9.17, 15) is 4.79 Å². The van der Waals surface area contributed by atoms with Gasteiger partial charge >= 0.3 is 0 Å². The van der Waals surface area contributed by atoms with E-state index in [4.69, 9.17) is 14.2 Å². The highest BCUT2D eigenvalue weighted by Crippen LogP contribution is 2.28. The van der Waals surface area contributed by atoms with Gasteiger partial charge in [0.25, 0.3) is 5.91 Å². The Hall–Kier alpha value is -3.80. The van der Waals surface area contributed by atoms with Gasteiger partial charge in [-0.25, -0.2) is 5.43 Å². The van der Waals surface area contributed by atoms with Crippen LogP contribution in [0, 0.1) is 6.92 Å². The van der Waals surface area contributed by atoms with Crippen molar-refractivity contribution in [1.29, 1.82) is 0 Å². The first-order valence-corrected chi connectivity index (χ1v) is 10.0. The molecule has 1 N–H and O–H groups in total. The highest BCUT2D eigenvalue weighted by Gasteiger charge is 2.10. The molecule has 0 fully saturated rings. The van der Waals surface area contributed by atoms with Crippen LogP contribution in [0.3, 0.4) is 0 Å². The highest BCUT2D eigenvalue weighted by atomic mass is 16.5. The molecule has 6 heteroatoms. The van der Waals surface area contributed by atoms with Crippen LogP contribution in [0.25, 0.3) is 0 Å². The van der Waals surface area contributed by atoms with Crippen molar-refractivity contribution >= 4 is 12.1 Å². The van der Waals surface area contributed by atoms with Crippen molar-refractivity contribution in [3.05, 3.63) is 89.0 Å². The molecule has 160 valence electrons. The maximum Gasteiger partial charge on any atom is 0.271 e. The molecule has 0 saturated heterocycles. The summed E-state index contributed by atoms with van der Waals surface area (Å²) in [6.45, 7) is 4.88. The number of carbonyl (C=O) groups excluding carboxylic acids is 1. The van der Waals surface area contributed by atoms with E-state index in [0.717, 1.165) is 16.9 Å². The van der Waals surface area contributed by atoms with Crippen LogP contribution in [-0.4, -0.2) is 25.8 Å². The van der Waals surface area contributed by atoms with Gasteiger partial charge < -0.3 is 14.2 Å². The van der Waals surface area contributed by atoms with Crippen molar-refractivity contribution in [1.82, 2.24) is 5.43 Å². The first kappa shape index (κ1) is 21.9. The molecule has 6 nitrogen and oxygen atoms in total. The zero-order chi connectivity index (χ0) is 22.1. The van der Waals surface area contributed by atoms with Gasteiger partial charge in [0.2, 0.25) is 0 Å². The van der Waals surface area contributed by atoms with E-state index in [1.54, 1.807) is 31.5 Å². The monoisotopic (exact) mass is 418 g/mol. The van der Waals surface area contributed by atoms with Crippen molar-refractivity contribution in [3.8, 4) is 17.2 Å². The number of ether oxygens (including phenoxy) is 3. The second kappa shape index (κ2) is 10.8. The summed E-state index contributed by atoms with van der Waals surface area (Å²) in [6, 6.07) is 20.7. The molecule has 0 atom stereocenters. The van der Waals surface area contributed by atoms with Gasteiger partial charge in [0.1, 0.15) is 12.4 Å². The number of nitrogens with one attached hydrogen (secondary N) is 1. The van der Waals surface area contributed by atoms with Crippen molar-refractivity contribution in [2.45, 2.75) is 20.5 Å². The molecular formula is C25H26N2O4. The number of aryl methyl sites for hydroxylation is 1. The Morgan fingerprint density at radius 2 is 1.81 bits per heavy atom. The Bertz CT molecular complexity index is 1050. The number of benzene rings is 3. The topological polar surface area (TPSA) is 69.2 Å². The fourth-order valence-electron chi connectivity index (χ4n) is 2.85. The largest absolute Gasteiger partial charge is 0.493 e. The summed E-state index contributed by atoms with van der Waals surface area (Å²) >= 11 is 0. The fourth-order valence-corrected chi connectivity index (χ4v) is 2.85. The molecule has 0 saturated carbocycles. The summed E-state index contributed by atoms with van der Waals surface area (Å²) in [5.41, 5.74) is 6.08. The molecule has 3 rings (SSSR count). The molecule has 0 spiro atoms. The Morgan fingerprint density at radius 3 is 2.55 bits per heavy atom. The summed E-state index contributed by atoms with van der Waals surface area (Å²) in [5.74, 6) is 1.48. The molecular weight excluding hydrogens is 392 g/mol. The number of rotatable bonds is 9. The van der Waals surface area contributed by atoms with E-state index < -0.39 is 0 Å². The minimum atomic E-state index is -0.341. The molecule has 0 radical (unpaired) electrons. The van der Waals surface area contributed by atoms with Gasteiger partial charge in [-0.05, 0) is 55.3 Å². The summed E-state index contributed by atoms with van der Waals surface area (Å²) < 4.78 is 16.6. The molecule has 0 bridgehead atoms. The molecule has 3 aromatic rings. The molecule has 0 heterocycles. The van der Waals surface area contributed by atoms with Gasteiger partial charge in [-0.3, -0.25) is 4.79 Å². The molecule has 0 aliphatic rings. The van der Waals surface area contributed by atoms with Gasteiger partial charge in [-0.1, -0.05) is 42.0 Å². The predicted molar refractivity (Wildman–Crippen MR) is 121 cm³/mol. The van der Waals surface area contributed by atoms with E-state index >= 15 is 0 Å². The Labute approximate surface area is 182 Å². The standard InChI is InChI=1S/C25H26N2O4/c1-4-30-24-15-21(12-13-23(24)29-3)25(28)27-26-16-20-6-5-7-22(14-20)31-17-19-10-8-18(2)9-11-19/h5-16H,4,17H2,1-3H3,(H,27,28)/b26-16+. The fraction of sp³-hybridized carbons (Fsp3) is 0.200. The van der Waals surface area contributed by atoms with Crippen LogP contribution in [0.15, 0.2) is 71.8 Å². The van der Waals surface area contributed by atoms with E-state index in [0.29, 0.717) is 30.3 Å². The lowest BCUT2D eigenvalue weighted by Crippen LogP contribution is -2.17. The number of hydrazone groups is 1. The molecule has 0 aromatic heterocycles. The van der Waals surface area contributed by atoms with E-state index in [-0.39, 0.29) is 5.91 Å². The number of carbonyl (C=O) groups is 1. The average molecular weight is 418 g/mol. The highest BCUT2D eigenvalue weighted by molar-refractivity contribution is 5.95. The van der Waals surface area contributed by atoms with Crippen LogP contribution in [-0.2, 0) is 6.61 Å². The van der Waals surface area contributed by atoms with Crippen LogP contribution in [0.5, 0.6) is 17.2 Å². The van der Waals surface area contributed by atoms with Crippen LogP contribution in [0.1, 0.15) is 34.0 Å². The number of hydrogen-bond acceptors (Lipinski definition) is 5. The number of nitrogens with zero attached hydrogens (tertiary/aromatic N) is 1. The van der Waals surface area contributed by atoms with Crippen molar-refractivity contribution < 1.29 is 19.0 Å². The van der Waals surface area contributed by atoms with E-state index in [1.807, 2.05) is 43.3 Å². The second-order valence-electron chi connectivity index (χ2n) is 6.84.